The standard InChI is InChI=1S/C15H19F2NO6S/c1-14(2,3)24-13(19)18-25(21,22)8-15(20)6-7-23-12-9(15)4-5-10(16)11(12)17/h4-5,20H,6-8H2,1-3H3,(H,18,19). The van der Waals surface area contributed by atoms with E-state index in [0.717, 1.165) is 12.1 Å². The summed E-state index contributed by atoms with van der Waals surface area (Å²) >= 11 is 0. The van der Waals surface area contributed by atoms with Crippen molar-refractivity contribution in [2.24, 2.45) is 0 Å². The second-order valence-electron chi connectivity index (χ2n) is 6.73. The molecule has 0 spiro atoms. The number of amides is 1. The van der Waals surface area contributed by atoms with Crippen LogP contribution in [-0.4, -0.2) is 37.6 Å². The second-order valence-corrected chi connectivity index (χ2v) is 8.45. The van der Waals surface area contributed by atoms with Gasteiger partial charge < -0.3 is 14.6 Å². The number of carbonyl (C=O) groups excluding carboxylic acids is 1. The van der Waals surface area contributed by atoms with Gasteiger partial charge in [-0.1, -0.05) is 0 Å². The fourth-order valence-corrected chi connectivity index (χ4v) is 3.72. The van der Waals surface area contributed by atoms with Gasteiger partial charge in [-0.05, 0) is 32.9 Å². The maximum Gasteiger partial charge on any atom is 0.421 e. The number of nitrogens with one attached hydrogen (secondary N) is 1. The number of benzene rings is 1. The molecule has 10 heteroatoms. The molecule has 0 bridgehead atoms. The molecule has 1 heterocycles. The van der Waals surface area contributed by atoms with E-state index in [1.54, 1.807) is 25.5 Å². The molecule has 1 amide bonds. The smallest absolute Gasteiger partial charge is 0.421 e. The normalized spacial score (nSPS) is 20.4. The van der Waals surface area contributed by atoms with Crippen LogP contribution in [0.15, 0.2) is 12.1 Å². The number of sulfonamides is 1. The molecule has 0 aromatic heterocycles. The van der Waals surface area contributed by atoms with E-state index < -0.39 is 50.5 Å². The molecule has 1 aliphatic heterocycles. The first-order valence-corrected chi connectivity index (χ1v) is 9.05. The lowest BCUT2D eigenvalue weighted by molar-refractivity contribution is 0.0154. The minimum atomic E-state index is -4.32. The van der Waals surface area contributed by atoms with Crippen LogP contribution in [0.3, 0.4) is 0 Å². The fourth-order valence-electron chi connectivity index (χ4n) is 2.42. The molecule has 0 saturated heterocycles. The van der Waals surface area contributed by atoms with Gasteiger partial charge in [0.15, 0.2) is 11.6 Å². The minimum absolute atomic E-state index is 0.180. The van der Waals surface area contributed by atoms with Gasteiger partial charge in [-0.15, -0.1) is 0 Å². The van der Waals surface area contributed by atoms with Gasteiger partial charge >= 0.3 is 6.09 Å². The van der Waals surface area contributed by atoms with E-state index >= 15 is 0 Å². The lowest BCUT2D eigenvalue weighted by Gasteiger charge is -2.34. The Morgan fingerprint density at radius 1 is 1.40 bits per heavy atom. The average Bonchev–Trinajstić information content (AvgIpc) is 2.39. The van der Waals surface area contributed by atoms with Crippen LogP contribution in [0, 0.1) is 11.6 Å². The highest BCUT2D eigenvalue weighted by Crippen LogP contribution is 2.40. The second kappa shape index (κ2) is 6.41. The number of carbonyl (C=O) groups is 1. The van der Waals surface area contributed by atoms with Gasteiger partial charge in [0.25, 0.3) is 0 Å². The number of hydrogen-bond acceptors (Lipinski definition) is 6. The van der Waals surface area contributed by atoms with Crippen LogP contribution in [0.25, 0.3) is 0 Å². The highest BCUT2D eigenvalue weighted by molar-refractivity contribution is 7.90. The molecule has 1 atom stereocenters. The summed E-state index contributed by atoms with van der Waals surface area (Å²) in [5.41, 5.74) is -3.16. The molecule has 7 nitrogen and oxygen atoms in total. The van der Waals surface area contributed by atoms with Gasteiger partial charge in [0.05, 0.1) is 6.61 Å². The summed E-state index contributed by atoms with van der Waals surface area (Å²) in [6, 6.07) is 1.82. The number of hydrogen-bond donors (Lipinski definition) is 2. The van der Waals surface area contributed by atoms with Gasteiger partial charge in [0, 0.05) is 12.0 Å². The predicted octanol–water partition coefficient (Wildman–Crippen LogP) is 1.79. The first kappa shape index (κ1) is 19.4. The van der Waals surface area contributed by atoms with Crippen molar-refractivity contribution >= 4 is 16.1 Å². The van der Waals surface area contributed by atoms with Crippen LogP contribution in [0.5, 0.6) is 5.75 Å². The van der Waals surface area contributed by atoms with E-state index in [9.17, 15) is 27.1 Å². The van der Waals surface area contributed by atoms with Crippen molar-refractivity contribution in [3.05, 3.63) is 29.3 Å². The lowest BCUT2D eigenvalue weighted by atomic mass is 9.90. The van der Waals surface area contributed by atoms with Gasteiger partial charge in [0.1, 0.15) is 17.0 Å². The van der Waals surface area contributed by atoms with Crippen molar-refractivity contribution in [2.45, 2.75) is 38.4 Å². The van der Waals surface area contributed by atoms with Crippen LogP contribution in [-0.2, 0) is 20.4 Å². The number of fused-ring (bicyclic) bond motifs is 1. The monoisotopic (exact) mass is 379 g/mol. The summed E-state index contributed by atoms with van der Waals surface area (Å²) < 4.78 is 63.0. The van der Waals surface area contributed by atoms with Crippen molar-refractivity contribution in [3.63, 3.8) is 0 Å². The maximum atomic E-state index is 13.8. The Kier molecular flexibility index (Phi) is 4.97. The van der Waals surface area contributed by atoms with Gasteiger partial charge in [-0.25, -0.2) is 22.3 Å². The van der Waals surface area contributed by atoms with E-state index in [2.05, 4.69) is 0 Å². The van der Waals surface area contributed by atoms with Crippen molar-refractivity contribution in [2.75, 3.05) is 12.4 Å². The Morgan fingerprint density at radius 3 is 2.64 bits per heavy atom. The number of halogens is 2. The molecular formula is C15H19F2NO6S. The van der Waals surface area contributed by atoms with E-state index in [4.69, 9.17) is 9.47 Å². The van der Waals surface area contributed by atoms with E-state index in [1.807, 2.05) is 0 Å². The van der Waals surface area contributed by atoms with Crippen LogP contribution in [0.4, 0.5) is 13.6 Å². The molecular weight excluding hydrogens is 360 g/mol. The Hall–Kier alpha value is -1.94. The molecule has 0 radical (unpaired) electrons. The van der Waals surface area contributed by atoms with E-state index in [-0.39, 0.29) is 18.6 Å². The zero-order chi connectivity index (χ0) is 19.0. The Bertz CT molecular complexity index is 790. The third-order valence-electron chi connectivity index (χ3n) is 3.38. The molecule has 1 aliphatic rings. The number of ether oxygens (including phenoxy) is 2. The molecule has 25 heavy (non-hydrogen) atoms. The quantitative estimate of drug-likeness (QED) is 0.830. The first-order valence-electron chi connectivity index (χ1n) is 7.40. The summed E-state index contributed by atoms with van der Waals surface area (Å²) in [6.45, 7) is 4.45. The summed E-state index contributed by atoms with van der Waals surface area (Å²) in [7, 11) is -4.32. The maximum absolute atomic E-state index is 13.8. The fraction of sp³-hybridized carbons (Fsp3) is 0.533. The molecule has 1 aromatic rings. The molecule has 2 rings (SSSR count). The highest BCUT2D eigenvalue weighted by atomic mass is 32.2. The molecule has 0 saturated carbocycles. The Labute approximate surface area is 144 Å². The van der Waals surface area contributed by atoms with Crippen LogP contribution >= 0.6 is 0 Å². The van der Waals surface area contributed by atoms with E-state index in [0.29, 0.717) is 0 Å². The van der Waals surface area contributed by atoms with Crippen LogP contribution in [0.1, 0.15) is 32.8 Å². The summed E-state index contributed by atoms with van der Waals surface area (Å²) in [5, 5.41) is 10.7. The lowest BCUT2D eigenvalue weighted by Crippen LogP contribution is -2.45. The van der Waals surface area contributed by atoms with Crippen molar-refractivity contribution in [1.29, 1.82) is 0 Å². The van der Waals surface area contributed by atoms with Crippen LogP contribution < -0.4 is 9.46 Å². The topological polar surface area (TPSA) is 102 Å². The number of rotatable bonds is 3. The Morgan fingerprint density at radius 2 is 2.04 bits per heavy atom. The zero-order valence-electron chi connectivity index (χ0n) is 13.9. The largest absolute Gasteiger partial charge is 0.490 e. The molecule has 0 fully saturated rings. The zero-order valence-corrected chi connectivity index (χ0v) is 14.7. The summed E-state index contributed by atoms with van der Waals surface area (Å²) in [5.74, 6) is -3.98. The van der Waals surface area contributed by atoms with Crippen molar-refractivity contribution < 1.29 is 36.6 Å². The first-order chi connectivity index (χ1) is 11.3. The predicted molar refractivity (Wildman–Crippen MR) is 83.5 cm³/mol. The van der Waals surface area contributed by atoms with Crippen LogP contribution in [0.2, 0.25) is 0 Å². The molecule has 2 N–H and O–H groups in total. The Balaban J connectivity index is 2.25. The molecule has 140 valence electrons. The SMILES string of the molecule is CC(C)(C)OC(=O)NS(=O)(=O)CC1(O)CCOc2c1ccc(F)c2F. The summed E-state index contributed by atoms with van der Waals surface area (Å²) in [6.07, 6.45) is -1.38. The number of aliphatic hydroxyl groups is 1. The minimum Gasteiger partial charge on any atom is -0.490 e. The molecule has 1 unspecified atom stereocenters. The van der Waals surface area contributed by atoms with Gasteiger partial charge in [0.2, 0.25) is 15.8 Å². The van der Waals surface area contributed by atoms with Gasteiger partial charge in [-0.2, -0.15) is 4.39 Å². The molecule has 1 aromatic carbocycles. The van der Waals surface area contributed by atoms with Gasteiger partial charge in [-0.3, -0.25) is 0 Å². The van der Waals surface area contributed by atoms with Crippen molar-refractivity contribution in [3.8, 4) is 5.75 Å². The van der Waals surface area contributed by atoms with Crippen molar-refractivity contribution in [1.82, 2.24) is 4.72 Å². The van der Waals surface area contributed by atoms with E-state index in [1.165, 1.54) is 0 Å². The third kappa shape index (κ3) is 4.57. The average molecular weight is 379 g/mol. The summed E-state index contributed by atoms with van der Waals surface area (Å²) in [4.78, 5) is 11.6. The third-order valence-corrected chi connectivity index (χ3v) is 4.72. The molecule has 0 aliphatic carbocycles. The highest BCUT2D eigenvalue weighted by Gasteiger charge is 2.42.